The van der Waals surface area contributed by atoms with Gasteiger partial charge in [-0.25, -0.2) is 0 Å². The number of aromatic nitrogens is 2. The maximum absolute atomic E-state index is 11.5. The molecule has 0 bridgehead atoms. The van der Waals surface area contributed by atoms with Crippen LogP contribution in [0.1, 0.15) is 21.5 Å². The first-order valence-electron chi connectivity index (χ1n) is 6.20. The Morgan fingerprint density at radius 2 is 1.74 bits per heavy atom. The normalized spacial score (nSPS) is 10.8. The third kappa shape index (κ3) is 1.74. The van der Waals surface area contributed by atoms with Crippen LogP contribution in [0.2, 0.25) is 0 Å². The van der Waals surface area contributed by atoms with Crippen LogP contribution in [0, 0.1) is 13.8 Å². The van der Waals surface area contributed by atoms with Crippen LogP contribution in [0.15, 0.2) is 36.7 Å². The lowest BCUT2D eigenvalue weighted by molar-refractivity contribution is 0.112. The lowest BCUT2D eigenvalue weighted by Crippen LogP contribution is -1.85. The number of nitrogens with zero attached hydrogens (tertiary/aromatic N) is 1. The molecule has 2 heterocycles. The lowest BCUT2D eigenvalue weighted by atomic mass is 10.0. The molecule has 3 nitrogen and oxygen atoms in total. The fraction of sp³-hybridized carbons (Fsp3) is 0.125. The average molecular weight is 250 g/mol. The van der Waals surface area contributed by atoms with E-state index in [1.165, 1.54) is 0 Å². The molecule has 0 aliphatic carbocycles. The minimum absolute atomic E-state index is 0.724. The predicted octanol–water partition coefficient (Wildman–Crippen LogP) is 3.66. The van der Waals surface area contributed by atoms with Crippen LogP contribution in [0.25, 0.3) is 22.2 Å². The van der Waals surface area contributed by atoms with E-state index >= 15 is 0 Å². The number of aryl methyl sites for hydroxylation is 2. The second-order valence-corrected chi connectivity index (χ2v) is 4.72. The molecule has 0 saturated carbocycles. The molecule has 3 rings (SSSR count). The van der Waals surface area contributed by atoms with E-state index in [0.29, 0.717) is 0 Å². The standard InChI is InChI=1S/C16H14N2O/c1-10-3-4-11(2)15-14(10)13(9-19)16(18-15)12-5-7-17-8-6-12/h3-9,18H,1-2H3. The van der Waals surface area contributed by atoms with Crippen molar-refractivity contribution in [1.82, 2.24) is 9.97 Å². The van der Waals surface area contributed by atoms with Crippen LogP contribution >= 0.6 is 0 Å². The molecule has 0 saturated heterocycles. The zero-order chi connectivity index (χ0) is 13.4. The number of aldehydes is 1. The second kappa shape index (κ2) is 4.35. The molecule has 94 valence electrons. The summed E-state index contributed by atoms with van der Waals surface area (Å²) in [4.78, 5) is 18.9. The molecule has 3 aromatic rings. The number of carbonyl (C=O) groups is 1. The SMILES string of the molecule is Cc1ccc(C)c2c(C=O)c(-c3ccncc3)[nH]c12. The van der Waals surface area contributed by atoms with E-state index in [-0.39, 0.29) is 0 Å². The van der Waals surface area contributed by atoms with Gasteiger partial charge in [-0.1, -0.05) is 12.1 Å². The van der Waals surface area contributed by atoms with Gasteiger partial charge >= 0.3 is 0 Å². The summed E-state index contributed by atoms with van der Waals surface area (Å²) in [7, 11) is 0. The summed E-state index contributed by atoms with van der Waals surface area (Å²) in [5, 5.41) is 1.02. The third-order valence-corrected chi connectivity index (χ3v) is 3.50. The number of rotatable bonds is 2. The van der Waals surface area contributed by atoms with Crippen LogP contribution in [-0.4, -0.2) is 16.3 Å². The van der Waals surface area contributed by atoms with Crippen molar-refractivity contribution >= 4 is 17.2 Å². The molecular weight excluding hydrogens is 236 g/mol. The minimum atomic E-state index is 0.724. The fourth-order valence-corrected chi connectivity index (χ4v) is 2.50. The largest absolute Gasteiger partial charge is 0.354 e. The van der Waals surface area contributed by atoms with Gasteiger partial charge in [-0.05, 0) is 37.1 Å². The molecule has 0 radical (unpaired) electrons. The van der Waals surface area contributed by atoms with Crippen molar-refractivity contribution < 1.29 is 4.79 Å². The number of H-pyrrole nitrogens is 1. The van der Waals surface area contributed by atoms with E-state index in [4.69, 9.17) is 0 Å². The molecule has 0 atom stereocenters. The van der Waals surface area contributed by atoms with Crippen molar-refractivity contribution in [2.24, 2.45) is 0 Å². The monoisotopic (exact) mass is 250 g/mol. The van der Waals surface area contributed by atoms with Crippen molar-refractivity contribution in [3.05, 3.63) is 53.3 Å². The molecule has 1 aromatic carbocycles. The molecule has 0 aliphatic heterocycles. The van der Waals surface area contributed by atoms with E-state index in [9.17, 15) is 4.79 Å². The van der Waals surface area contributed by atoms with Gasteiger partial charge in [0.2, 0.25) is 0 Å². The summed E-state index contributed by atoms with van der Waals surface area (Å²) in [6.07, 6.45) is 4.39. The summed E-state index contributed by atoms with van der Waals surface area (Å²) in [5.41, 5.74) is 5.86. The lowest BCUT2D eigenvalue weighted by Gasteiger charge is -2.00. The highest BCUT2D eigenvalue weighted by molar-refractivity contribution is 6.06. The quantitative estimate of drug-likeness (QED) is 0.705. The van der Waals surface area contributed by atoms with Crippen LogP contribution < -0.4 is 0 Å². The summed E-state index contributed by atoms with van der Waals surface area (Å²) in [6, 6.07) is 7.93. The Morgan fingerprint density at radius 1 is 1.05 bits per heavy atom. The number of carbonyl (C=O) groups excluding carboxylic acids is 1. The van der Waals surface area contributed by atoms with Gasteiger partial charge in [0.1, 0.15) is 0 Å². The van der Waals surface area contributed by atoms with Crippen LogP contribution in [0.4, 0.5) is 0 Å². The van der Waals surface area contributed by atoms with Crippen molar-refractivity contribution in [2.75, 3.05) is 0 Å². The van der Waals surface area contributed by atoms with Gasteiger partial charge in [-0.15, -0.1) is 0 Å². The highest BCUT2D eigenvalue weighted by Crippen LogP contribution is 2.32. The minimum Gasteiger partial charge on any atom is -0.354 e. The van der Waals surface area contributed by atoms with Gasteiger partial charge in [-0.3, -0.25) is 9.78 Å². The Kier molecular flexibility index (Phi) is 2.67. The second-order valence-electron chi connectivity index (χ2n) is 4.72. The van der Waals surface area contributed by atoms with E-state index in [2.05, 4.69) is 22.1 Å². The molecule has 0 aliphatic rings. The first-order chi connectivity index (χ1) is 9.22. The highest BCUT2D eigenvalue weighted by atomic mass is 16.1. The summed E-state index contributed by atoms with van der Waals surface area (Å²) in [5.74, 6) is 0. The average Bonchev–Trinajstić information content (AvgIpc) is 2.84. The van der Waals surface area contributed by atoms with Crippen molar-refractivity contribution in [2.45, 2.75) is 13.8 Å². The molecule has 0 amide bonds. The fourth-order valence-electron chi connectivity index (χ4n) is 2.50. The predicted molar refractivity (Wildman–Crippen MR) is 76.4 cm³/mol. The molecule has 1 N–H and O–H groups in total. The number of benzene rings is 1. The van der Waals surface area contributed by atoms with Gasteiger partial charge in [0.25, 0.3) is 0 Å². The molecular formula is C16H14N2O. The number of nitrogens with one attached hydrogen (secondary N) is 1. The number of aromatic amines is 1. The van der Waals surface area contributed by atoms with Gasteiger partial charge < -0.3 is 4.98 Å². The van der Waals surface area contributed by atoms with Gasteiger partial charge in [0.05, 0.1) is 5.69 Å². The molecule has 3 heteroatoms. The van der Waals surface area contributed by atoms with Gasteiger partial charge in [0, 0.05) is 34.4 Å². The first kappa shape index (κ1) is 11.7. The van der Waals surface area contributed by atoms with Gasteiger partial charge in [0.15, 0.2) is 6.29 Å². The summed E-state index contributed by atoms with van der Waals surface area (Å²) < 4.78 is 0. The number of hydrogen-bond donors (Lipinski definition) is 1. The topological polar surface area (TPSA) is 45.8 Å². The highest BCUT2D eigenvalue weighted by Gasteiger charge is 2.15. The van der Waals surface area contributed by atoms with Crippen molar-refractivity contribution in [1.29, 1.82) is 0 Å². The Balaban J connectivity index is 2.42. The van der Waals surface area contributed by atoms with Crippen LogP contribution in [0.5, 0.6) is 0 Å². The molecule has 0 fully saturated rings. The molecule has 2 aromatic heterocycles. The molecule has 19 heavy (non-hydrogen) atoms. The van der Waals surface area contributed by atoms with Gasteiger partial charge in [-0.2, -0.15) is 0 Å². The Bertz CT molecular complexity index is 757. The number of fused-ring (bicyclic) bond motifs is 1. The first-order valence-corrected chi connectivity index (χ1v) is 6.20. The smallest absolute Gasteiger partial charge is 0.152 e. The zero-order valence-corrected chi connectivity index (χ0v) is 10.9. The molecule has 0 unspecified atom stereocenters. The van der Waals surface area contributed by atoms with E-state index in [1.807, 2.05) is 26.0 Å². The van der Waals surface area contributed by atoms with E-state index in [1.54, 1.807) is 12.4 Å². The Morgan fingerprint density at radius 3 is 2.42 bits per heavy atom. The maximum atomic E-state index is 11.5. The maximum Gasteiger partial charge on any atom is 0.152 e. The third-order valence-electron chi connectivity index (χ3n) is 3.50. The number of pyridine rings is 1. The van der Waals surface area contributed by atoms with Crippen LogP contribution in [-0.2, 0) is 0 Å². The summed E-state index contributed by atoms with van der Waals surface area (Å²) >= 11 is 0. The van der Waals surface area contributed by atoms with Crippen molar-refractivity contribution in [3.63, 3.8) is 0 Å². The van der Waals surface area contributed by atoms with E-state index in [0.717, 1.165) is 45.1 Å². The summed E-state index contributed by atoms with van der Waals surface area (Å²) in [6.45, 7) is 4.07. The Hall–Kier alpha value is -2.42. The molecule has 0 spiro atoms. The van der Waals surface area contributed by atoms with Crippen molar-refractivity contribution in [3.8, 4) is 11.3 Å². The van der Waals surface area contributed by atoms with E-state index < -0.39 is 0 Å². The Labute approximate surface area is 111 Å². The zero-order valence-electron chi connectivity index (χ0n) is 10.9. The van der Waals surface area contributed by atoms with Crippen LogP contribution in [0.3, 0.4) is 0 Å². The number of hydrogen-bond acceptors (Lipinski definition) is 2.